The van der Waals surface area contributed by atoms with E-state index in [0.29, 0.717) is 22.3 Å². The summed E-state index contributed by atoms with van der Waals surface area (Å²) in [5.41, 5.74) is 3.15. The monoisotopic (exact) mass is 575 g/mol. The Morgan fingerprint density at radius 2 is 1.05 bits per heavy atom. The van der Waals surface area contributed by atoms with E-state index in [2.05, 4.69) is 90.0 Å². The van der Waals surface area contributed by atoms with Gasteiger partial charge in [-0.1, -0.05) is 99.4 Å². The zero-order valence-corrected chi connectivity index (χ0v) is 26.2. The highest BCUT2D eigenvalue weighted by Gasteiger charge is 2.53. The van der Waals surface area contributed by atoms with Crippen LogP contribution in [0.15, 0.2) is 11.3 Å². The van der Waals surface area contributed by atoms with Crippen LogP contribution in [0, 0.1) is 34.0 Å². The van der Waals surface area contributed by atoms with Gasteiger partial charge in [-0.2, -0.15) is 0 Å². The van der Waals surface area contributed by atoms with Crippen molar-refractivity contribution in [2.45, 2.75) is 178 Å². The van der Waals surface area contributed by atoms with Crippen molar-refractivity contribution in [1.82, 2.24) is 0 Å². The first-order chi connectivity index (χ1) is 15.8. The maximum absolute atomic E-state index is 5.56. The Balaban J connectivity index is -0.000000125. The van der Waals surface area contributed by atoms with Crippen LogP contribution in [0.5, 0.6) is 0 Å². The van der Waals surface area contributed by atoms with Crippen molar-refractivity contribution in [2.75, 3.05) is 19.8 Å². The van der Waals surface area contributed by atoms with Gasteiger partial charge in [0.1, 0.15) is 0 Å². The van der Waals surface area contributed by atoms with Gasteiger partial charge in [-0.3, -0.25) is 0 Å². The molecular weight excluding hydrogens is 492 g/mol. The van der Waals surface area contributed by atoms with Crippen LogP contribution in [0.4, 0.5) is 0 Å². The van der Waals surface area contributed by atoms with Crippen LogP contribution in [-0.4, -0.2) is 31.5 Å². The molecule has 40 heavy (non-hydrogen) atoms. The molecule has 0 aromatic carbocycles. The first-order valence-electron chi connectivity index (χ1n) is 14.4. The predicted octanol–water partition coefficient (Wildman–Crippen LogP) is 12.6. The smallest absolute Gasteiger partial charge is 0.0919 e. The van der Waals surface area contributed by atoms with Crippen molar-refractivity contribution >= 4 is 0 Å². The maximum atomic E-state index is 5.56. The van der Waals surface area contributed by atoms with E-state index in [1.807, 2.05) is 6.92 Å². The molecule has 3 nitrogen and oxygen atoms in total. The Kier molecular flexibility index (Phi) is 24.1. The van der Waals surface area contributed by atoms with Crippen LogP contribution < -0.4 is 0 Å². The van der Waals surface area contributed by atoms with Gasteiger partial charge in [0.25, 0.3) is 0 Å². The average molecular weight is 575 g/mol. The molecule has 0 spiro atoms. The Morgan fingerprint density at radius 3 is 1.12 bits per heavy atom. The summed E-state index contributed by atoms with van der Waals surface area (Å²) in [4.78, 5) is 0. The molecule has 0 bridgehead atoms. The quantitative estimate of drug-likeness (QED) is 0.288. The SMILES string of the molecule is C.C.C.C.C.CC1(C)CC1(C)C.CC1(C)CCOC1(C)C.CC1=C(C)OCC1.CC1CC1C.CC1CCOC1C. The largest absolute Gasteiger partial charge is 0.498 e. The summed E-state index contributed by atoms with van der Waals surface area (Å²) in [6, 6.07) is 0. The van der Waals surface area contributed by atoms with Gasteiger partial charge < -0.3 is 14.2 Å². The second-order valence-corrected chi connectivity index (χ2v) is 14.4. The molecule has 3 heterocycles. The first-order valence-corrected chi connectivity index (χ1v) is 14.4. The molecule has 2 saturated heterocycles. The third kappa shape index (κ3) is 16.2. The Hall–Kier alpha value is -0.540. The third-order valence-electron chi connectivity index (χ3n) is 10.1. The van der Waals surface area contributed by atoms with E-state index in [0.717, 1.165) is 49.8 Å². The zero-order valence-electron chi connectivity index (χ0n) is 26.2. The van der Waals surface area contributed by atoms with E-state index in [9.17, 15) is 0 Å². The molecule has 5 rings (SSSR count). The second kappa shape index (κ2) is 19.6. The van der Waals surface area contributed by atoms with Gasteiger partial charge in [-0.05, 0) is 99.9 Å². The Bertz CT molecular complexity index is 619. The average Bonchev–Trinajstić information content (AvgIpc) is 3.20. The van der Waals surface area contributed by atoms with Crippen molar-refractivity contribution in [3.8, 4) is 0 Å². The van der Waals surface area contributed by atoms with E-state index < -0.39 is 0 Å². The zero-order chi connectivity index (χ0) is 27.2. The molecule has 248 valence electrons. The fourth-order valence-electron chi connectivity index (χ4n) is 4.12. The minimum Gasteiger partial charge on any atom is -0.498 e. The van der Waals surface area contributed by atoms with Crippen molar-refractivity contribution in [3.63, 3.8) is 0 Å². The summed E-state index contributed by atoms with van der Waals surface area (Å²) in [5.74, 6) is 4.02. The van der Waals surface area contributed by atoms with Gasteiger partial charge in [-0.25, -0.2) is 0 Å². The van der Waals surface area contributed by atoms with E-state index in [1.165, 1.54) is 31.3 Å². The van der Waals surface area contributed by atoms with Gasteiger partial charge in [0.05, 0.1) is 24.1 Å². The maximum Gasteiger partial charge on any atom is 0.0919 e. The number of allylic oxidation sites excluding steroid dienone is 1. The van der Waals surface area contributed by atoms with E-state index in [-0.39, 0.29) is 42.7 Å². The minimum atomic E-state index is 0. The summed E-state index contributed by atoms with van der Waals surface area (Å²) in [6.07, 6.45) is 6.97. The van der Waals surface area contributed by atoms with E-state index in [1.54, 1.807) is 0 Å². The van der Waals surface area contributed by atoms with Crippen molar-refractivity contribution < 1.29 is 14.2 Å². The van der Waals surface area contributed by atoms with Gasteiger partial charge >= 0.3 is 0 Å². The molecule has 0 radical (unpaired) electrons. The lowest BCUT2D eigenvalue weighted by Gasteiger charge is -2.32. The molecule has 4 fully saturated rings. The lowest BCUT2D eigenvalue weighted by Crippen LogP contribution is -2.34. The summed E-state index contributed by atoms with van der Waals surface area (Å²) in [7, 11) is 0. The molecule has 5 aliphatic rings. The van der Waals surface area contributed by atoms with Crippen LogP contribution in [0.3, 0.4) is 0 Å². The van der Waals surface area contributed by atoms with Gasteiger partial charge in [0.15, 0.2) is 0 Å². The molecule has 3 heteroatoms. The molecule has 0 amide bonds. The summed E-state index contributed by atoms with van der Waals surface area (Å²) in [6.45, 7) is 34.1. The third-order valence-corrected chi connectivity index (χ3v) is 10.1. The number of rotatable bonds is 0. The highest BCUT2D eigenvalue weighted by Crippen LogP contribution is 2.62. The first kappa shape index (κ1) is 49.2. The molecule has 0 aromatic heterocycles. The molecule has 3 aliphatic heterocycles. The van der Waals surface area contributed by atoms with Crippen molar-refractivity contribution in [3.05, 3.63) is 11.3 Å². The molecule has 0 N–H and O–H groups in total. The Labute approximate surface area is 257 Å². The molecular formula is C37H82O3. The number of hydrogen-bond acceptors (Lipinski definition) is 3. The van der Waals surface area contributed by atoms with Gasteiger partial charge in [0.2, 0.25) is 0 Å². The molecule has 0 aromatic rings. The summed E-state index contributed by atoms with van der Waals surface area (Å²) < 4.78 is 16.0. The molecule has 4 atom stereocenters. The lowest BCUT2D eigenvalue weighted by atomic mass is 9.77. The van der Waals surface area contributed by atoms with Crippen LogP contribution in [-0.2, 0) is 14.2 Å². The fraction of sp³-hybridized carbons (Fsp3) is 0.946. The highest BCUT2D eigenvalue weighted by molar-refractivity contribution is 5.07. The topological polar surface area (TPSA) is 27.7 Å². The van der Waals surface area contributed by atoms with Crippen LogP contribution in [0.25, 0.3) is 0 Å². The predicted molar refractivity (Wildman–Crippen MR) is 185 cm³/mol. The fourth-order valence-corrected chi connectivity index (χ4v) is 4.12. The number of ether oxygens (including phenoxy) is 3. The van der Waals surface area contributed by atoms with Gasteiger partial charge in [0, 0.05) is 19.6 Å². The molecule has 4 unspecified atom stereocenters. The summed E-state index contributed by atoms with van der Waals surface area (Å²) >= 11 is 0. The van der Waals surface area contributed by atoms with Crippen molar-refractivity contribution in [1.29, 1.82) is 0 Å². The highest BCUT2D eigenvalue weighted by atomic mass is 16.5. The minimum absolute atomic E-state index is 0. The lowest BCUT2D eigenvalue weighted by molar-refractivity contribution is -0.0182. The van der Waals surface area contributed by atoms with E-state index >= 15 is 0 Å². The van der Waals surface area contributed by atoms with Crippen LogP contribution in [0.1, 0.15) is 166 Å². The van der Waals surface area contributed by atoms with Crippen LogP contribution in [0.2, 0.25) is 0 Å². The molecule has 2 aliphatic carbocycles. The van der Waals surface area contributed by atoms with Crippen molar-refractivity contribution in [2.24, 2.45) is 34.0 Å². The standard InChI is InChI=1S/C8H16O.C7H14.C6H12O.C6H10O.C5H10.5CH4/c1-7(2)5-6-9-8(7,3)4;1-6(2)5-7(6,3)4;2*1-5-3-4-7-6(5)2;1-4-3-5(4)2;;;;;/h5-6H2,1-4H3;5H2,1-4H3;5-6H,3-4H2,1-2H3;3-4H2,1-2H3;4-5H,3H2,1-2H3;5*1H4. The summed E-state index contributed by atoms with van der Waals surface area (Å²) in [5, 5.41) is 0. The number of hydrogen-bond donors (Lipinski definition) is 0. The van der Waals surface area contributed by atoms with Crippen LogP contribution >= 0.6 is 0 Å². The van der Waals surface area contributed by atoms with E-state index in [4.69, 9.17) is 14.2 Å². The normalized spacial score (nSPS) is 29.6. The molecule has 2 saturated carbocycles. The van der Waals surface area contributed by atoms with Gasteiger partial charge in [-0.15, -0.1) is 0 Å². The Morgan fingerprint density at radius 1 is 0.625 bits per heavy atom. The second-order valence-electron chi connectivity index (χ2n) is 14.4.